The molecule has 3 aromatic carbocycles. The first kappa shape index (κ1) is 19.4. The normalized spacial score (nSPS) is 10.6. The molecule has 0 heterocycles. The second kappa shape index (κ2) is 8.54. The Balaban J connectivity index is 1.62. The van der Waals surface area contributed by atoms with E-state index in [2.05, 4.69) is 42.5 Å². The Hall–Kier alpha value is -2.38. The van der Waals surface area contributed by atoms with Crippen molar-refractivity contribution in [2.24, 2.45) is 0 Å². The van der Waals surface area contributed by atoms with Gasteiger partial charge in [0.1, 0.15) is 0 Å². The summed E-state index contributed by atoms with van der Waals surface area (Å²) >= 11 is 6.63. The molecule has 1 amide bonds. The lowest BCUT2D eigenvalue weighted by Crippen LogP contribution is -2.17. The van der Waals surface area contributed by atoms with Gasteiger partial charge in [-0.1, -0.05) is 46.3 Å². The minimum absolute atomic E-state index is 0.131. The van der Waals surface area contributed by atoms with E-state index in [0.29, 0.717) is 21.2 Å². The van der Waals surface area contributed by atoms with Crippen molar-refractivity contribution in [2.75, 3.05) is 17.2 Å². The van der Waals surface area contributed by atoms with Gasteiger partial charge in [-0.05, 0) is 51.0 Å². The molecule has 7 heteroatoms. The summed E-state index contributed by atoms with van der Waals surface area (Å²) in [6, 6.07) is 16.9. The fraction of sp³-hybridized carbons (Fsp3) is 0.100. The highest BCUT2D eigenvalue weighted by atomic mass is 79.9. The van der Waals surface area contributed by atoms with Crippen LogP contribution in [0.5, 0.6) is 0 Å². The molecule has 0 radical (unpaired) electrons. The molecule has 3 aromatic rings. The third kappa shape index (κ3) is 4.87. The number of fused-ring (bicyclic) bond motifs is 1. The first-order chi connectivity index (χ1) is 12.9. The maximum atomic E-state index is 12.2. The average Bonchev–Trinajstić information content (AvgIpc) is 2.63. The van der Waals surface area contributed by atoms with Crippen LogP contribution in [0.3, 0.4) is 0 Å². The second-order valence-electron chi connectivity index (χ2n) is 5.90. The molecule has 0 aromatic heterocycles. The van der Waals surface area contributed by atoms with Gasteiger partial charge in [-0.3, -0.25) is 4.79 Å². The molecule has 0 bridgehead atoms. The van der Waals surface area contributed by atoms with Crippen LogP contribution in [0, 0.1) is 0 Å². The van der Waals surface area contributed by atoms with Crippen molar-refractivity contribution < 1.29 is 14.7 Å². The number of benzene rings is 3. The quantitative estimate of drug-likeness (QED) is 0.425. The van der Waals surface area contributed by atoms with Crippen molar-refractivity contribution in [2.45, 2.75) is 6.42 Å². The van der Waals surface area contributed by atoms with Crippen molar-refractivity contribution in [3.8, 4) is 0 Å². The summed E-state index contributed by atoms with van der Waals surface area (Å²) < 4.78 is 1.27. The van der Waals surface area contributed by atoms with Gasteiger partial charge in [0.15, 0.2) is 0 Å². The van der Waals surface area contributed by atoms with E-state index in [1.807, 2.05) is 42.5 Å². The van der Waals surface area contributed by atoms with E-state index in [9.17, 15) is 14.7 Å². The second-order valence-corrected chi connectivity index (χ2v) is 7.67. The molecule has 0 atom stereocenters. The SMILES string of the molecule is O=C(CCNc1c(Br)cc(Br)cc1C(=O)O)Nc1ccc2ccccc2c1. The molecule has 3 N–H and O–H groups in total. The Morgan fingerprint density at radius 2 is 1.70 bits per heavy atom. The summed E-state index contributed by atoms with van der Waals surface area (Å²) in [6.07, 6.45) is 0.203. The summed E-state index contributed by atoms with van der Waals surface area (Å²) in [7, 11) is 0. The zero-order valence-electron chi connectivity index (χ0n) is 14.1. The van der Waals surface area contributed by atoms with Crippen LogP contribution >= 0.6 is 31.9 Å². The standard InChI is InChI=1S/C20H16Br2N2O3/c21-14-10-16(20(26)27)19(17(22)11-14)23-8-7-18(25)24-15-6-5-12-3-1-2-4-13(12)9-15/h1-6,9-11,23H,7-8H2,(H,24,25)(H,26,27). The van der Waals surface area contributed by atoms with E-state index < -0.39 is 5.97 Å². The van der Waals surface area contributed by atoms with Crippen molar-refractivity contribution >= 4 is 65.9 Å². The number of carbonyl (C=O) groups is 2. The number of aromatic carboxylic acids is 1. The Labute approximate surface area is 173 Å². The average molecular weight is 492 g/mol. The van der Waals surface area contributed by atoms with Gasteiger partial charge in [0.05, 0.1) is 11.3 Å². The van der Waals surface area contributed by atoms with Crippen LogP contribution in [0.1, 0.15) is 16.8 Å². The summed E-state index contributed by atoms with van der Waals surface area (Å²) in [5, 5.41) is 17.4. The molecule has 0 fully saturated rings. The molecular weight excluding hydrogens is 476 g/mol. The minimum atomic E-state index is -1.04. The first-order valence-corrected chi connectivity index (χ1v) is 9.77. The van der Waals surface area contributed by atoms with Crippen LogP contribution in [-0.2, 0) is 4.79 Å². The molecule has 0 aliphatic rings. The van der Waals surface area contributed by atoms with Crippen LogP contribution in [0.2, 0.25) is 0 Å². The zero-order valence-corrected chi connectivity index (χ0v) is 17.3. The number of carboxylic acids is 1. The Kier molecular flexibility index (Phi) is 6.13. The van der Waals surface area contributed by atoms with E-state index in [1.165, 1.54) is 6.07 Å². The number of hydrogen-bond acceptors (Lipinski definition) is 3. The maximum Gasteiger partial charge on any atom is 0.337 e. The van der Waals surface area contributed by atoms with Gasteiger partial charge in [0.2, 0.25) is 5.91 Å². The largest absolute Gasteiger partial charge is 0.478 e. The maximum absolute atomic E-state index is 12.2. The summed E-state index contributed by atoms with van der Waals surface area (Å²) in [5.74, 6) is -1.19. The summed E-state index contributed by atoms with van der Waals surface area (Å²) in [5.41, 5.74) is 1.31. The first-order valence-electron chi connectivity index (χ1n) is 8.19. The number of hydrogen-bond donors (Lipinski definition) is 3. The van der Waals surface area contributed by atoms with Crippen LogP contribution in [0.25, 0.3) is 10.8 Å². The molecular formula is C20H16Br2N2O3. The lowest BCUT2D eigenvalue weighted by Gasteiger charge is -2.13. The van der Waals surface area contributed by atoms with E-state index in [1.54, 1.807) is 6.07 Å². The minimum Gasteiger partial charge on any atom is -0.478 e. The molecule has 0 aliphatic carbocycles. The predicted octanol–water partition coefficient (Wildman–Crippen LogP) is 5.50. The summed E-state index contributed by atoms with van der Waals surface area (Å²) in [4.78, 5) is 23.6. The Bertz CT molecular complexity index is 1020. The zero-order chi connectivity index (χ0) is 19.4. The number of nitrogens with one attached hydrogen (secondary N) is 2. The lowest BCUT2D eigenvalue weighted by molar-refractivity contribution is -0.115. The van der Waals surface area contributed by atoms with E-state index in [0.717, 1.165) is 16.5 Å². The highest BCUT2D eigenvalue weighted by Gasteiger charge is 2.15. The fourth-order valence-corrected chi connectivity index (χ4v) is 4.08. The number of halogens is 2. The third-order valence-corrected chi connectivity index (χ3v) is 5.06. The van der Waals surface area contributed by atoms with Gasteiger partial charge >= 0.3 is 5.97 Å². The number of rotatable bonds is 6. The number of carboxylic acid groups (broad SMARTS) is 1. The van der Waals surface area contributed by atoms with Crippen molar-refractivity contribution in [1.82, 2.24) is 0 Å². The van der Waals surface area contributed by atoms with Gasteiger partial charge in [0.25, 0.3) is 0 Å². The van der Waals surface area contributed by atoms with Gasteiger partial charge < -0.3 is 15.7 Å². The van der Waals surface area contributed by atoms with Crippen LogP contribution in [-0.4, -0.2) is 23.5 Å². The highest BCUT2D eigenvalue weighted by Crippen LogP contribution is 2.31. The number of anilines is 2. The van der Waals surface area contributed by atoms with Gasteiger partial charge in [-0.15, -0.1) is 0 Å². The van der Waals surface area contributed by atoms with Gasteiger partial charge in [-0.2, -0.15) is 0 Å². The fourth-order valence-electron chi connectivity index (χ4n) is 2.71. The van der Waals surface area contributed by atoms with Crippen molar-refractivity contribution in [1.29, 1.82) is 0 Å². The van der Waals surface area contributed by atoms with E-state index in [4.69, 9.17) is 0 Å². The Morgan fingerprint density at radius 1 is 0.963 bits per heavy atom. The molecule has 0 aliphatic heterocycles. The lowest BCUT2D eigenvalue weighted by atomic mass is 10.1. The number of amides is 1. The summed E-state index contributed by atoms with van der Waals surface area (Å²) in [6.45, 7) is 0.305. The van der Waals surface area contributed by atoms with Crippen LogP contribution < -0.4 is 10.6 Å². The van der Waals surface area contributed by atoms with Crippen molar-refractivity contribution in [3.63, 3.8) is 0 Å². The predicted molar refractivity (Wildman–Crippen MR) is 114 cm³/mol. The van der Waals surface area contributed by atoms with Gasteiger partial charge in [-0.25, -0.2) is 4.79 Å². The van der Waals surface area contributed by atoms with Crippen molar-refractivity contribution in [3.05, 3.63) is 69.1 Å². The van der Waals surface area contributed by atoms with E-state index >= 15 is 0 Å². The molecule has 0 saturated carbocycles. The molecule has 3 rings (SSSR count). The molecule has 0 unspecified atom stereocenters. The third-order valence-electron chi connectivity index (χ3n) is 3.97. The smallest absolute Gasteiger partial charge is 0.337 e. The topological polar surface area (TPSA) is 78.4 Å². The molecule has 27 heavy (non-hydrogen) atoms. The highest BCUT2D eigenvalue weighted by molar-refractivity contribution is 9.11. The molecule has 138 valence electrons. The molecule has 5 nitrogen and oxygen atoms in total. The van der Waals surface area contributed by atoms with E-state index in [-0.39, 0.29) is 17.9 Å². The molecule has 0 spiro atoms. The van der Waals surface area contributed by atoms with Crippen LogP contribution in [0.15, 0.2) is 63.5 Å². The Morgan fingerprint density at radius 3 is 2.44 bits per heavy atom. The molecule has 0 saturated heterocycles. The van der Waals surface area contributed by atoms with Gasteiger partial charge in [0, 0.05) is 27.6 Å². The van der Waals surface area contributed by atoms with Crippen LogP contribution in [0.4, 0.5) is 11.4 Å². The number of carbonyl (C=O) groups excluding carboxylic acids is 1. The monoisotopic (exact) mass is 490 g/mol.